The summed E-state index contributed by atoms with van der Waals surface area (Å²) in [6, 6.07) is 7.21. The average Bonchev–Trinajstić information content (AvgIpc) is 2.39. The van der Waals surface area contributed by atoms with Gasteiger partial charge in [-0.1, -0.05) is 44.4 Å². The van der Waals surface area contributed by atoms with Crippen molar-refractivity contribution in [2.24, 2.45) is 0 Å². The Labute approximate surface area is 105 Å². The van der Waals surface area contributed by atoms with Crippen molar-refractivity contribution in [3.8, 4) is 0 Å². The highest BCUT2D eigenvalue weighted by molar-refractivity contribution is 5.40. The summed E-state index contributed by atoms with van der Waals surface area (Å²) in [5.41, 5.74) is 5.18. The van der Waals surface area contributed by atoms with E-state index in [0.29, 0.717) is 5.41 Å². The molecule has 1 aliphatic heterocycles. The topological polar surface area (TPSA) is 12.0 Å². The molecule has 17 heavy (non-hydrogen) atoms. The van der Waals surface area contributed by atoms with Gasteiger partial charge in [0, 0.05) is 18.5 Å². The Morgan fingerprint density at radius 1 is 1.18 bits per heavy atom. The van der Waals surface area contributed by atoms with Crippen LogP contribution in [-0.2, 0) is 18.4 Å². The van der Waals surface area contributed by atoms with Crippen molar-refractivity contribution in [2.45, 2.75) is 57.4 Å². The standard InChI is InChI=1S/C16H23N/c1-2-13-6-7-15-14(10-13)11-17-12-16(15)8-4-3-5-9-16/h6-7,10,17H,2-5,8-9,11-12H2,1H3. The summed E-state index contributed by atoms with van der Waals surface area (Å²) in [5, 5.41) is 3.65. The Hall–Kier alpha value is -0.820. The molecule has 0 unspecified atom stereocenters. The van der Waals surface area contributed by atoms with Gasteiger partial charge in [0.15, 0.2) is 0 Å². The molecule has 0 aromatic heterocycles. The van der Waals surface area contributed by atoms with E-state index in [1.54, 1.807) is 11.1 Å². The summed E-state index contributed by atoms with van der Waals surface area (Å²) in [5.74, 6) is 0. The summed E-state index contributed by atoms with van der Waals surface area (Å²) in [4.78, 5) is 0. The molecular weight excluding hydrogens is 206 g/mol. The lowest BCUT2D eigenvalue weighted by Crippen LogP contribution is -2.44. The van der Waals surface area contributed by atoms with Gasteiger partial charge in [0.2, 0.25) is 0 Å². The van der Waals surface area contributed by atoms with Gasteiger partial charge in [0.1, 0.15) is 0 Å². The molecule has 1 saturated carbocycles. The molecule has 1 heterocycles. The fourth-order valence-electron chi connectivity index (χ4n) is 3.74. The van der Waals surface area contributed by atoms with Crippen molar-refractivity contribution >= 4 is 0 Å². The lowest BCUT2D eigenvalue weighted by Gasteiger charge is -2.42. The van der Waals surface area contributed by atoms with E-state index in [1.165, 1.54) is 44.2 Å². The van der Waals surface area contributed by atoms with Crippen LogP contribution in [0.5, 0.6) is 0 Å². The second-order valence-electron chi connectivity index (χ2n) is 5.79. The molecule has 2 aliphatic rings. The van der Waals surface area contributed by atoms with Gasteiger partial charge in [0.05, 0.1) is 0 Å². The maximum absolute atomic E-state index is 3.65. The largest absolute Gasteiger partial charge is 0.312 e. The highest BCUT2D eigenvalue weighted by atomic mass is 14.9. The zero-order chi connectivity index (χ0) is 11.7. The lowest BCUT2D eigenvalue weighted by atomic mass is 9.66. The van der Waals surface area contributed by atoms with Crippen molar-refractivity contribution in [2.75, 3.05) is 6.54 Å². The number of benzene rings is 1. The Bertz CT molecular complexity index is 402. The first-order chi connectivity index (χ1) is 8.34. The van der Waals surface area contributed by atoms with Crippen LogP contribution in [0.25, 0.3) is 0 Å². The van der Waals surface area contributed by atoms with E-state index in [0.717, 1.165) is 13.0 Å². The number of hydrogen-bond acceptors (Lipinski definition) is 1. The average molecular weight is 229 g/mol. The third kappa shape index (κ3) is 1.91. The summed E-state index contributed by atoms with van der Waals surface area (Å²) < 4.78 is 0. The lowest BCUT2D eigenvalue weighted by molar-refractivity contribution is 0.264. The minimum atomic E-state index is 0.470. The Balaban J connectivity index is 2.01. The maximum Gasteiger partial charge on any atom is 0.0208 e. The molecule has 1 heteroatoms. The third-order valence-electron chi connectivity index (χ3n) is 4.74. The minimum absolute atomic E-state index is 0.470. The van der Waals surface area contributed by atoms with E-state index >= 15 is 0 Å². The van der Waals surface area contributed by atoms with Crippen LogP contribution in [-0.4, -0.2) is 6.54 Å². The molecule has 0 radical (unpaired) electrons. The van der Waals surface area contributed by atoms with Gasteiger partial charge < -0.3 is 5.32 Å². The van der Waals surface area contributed by atoms with Crippen LogP contribution < -0.4 is 5.32 Å². The van der Waals surface area contributed by atoms with E-state index in [1.807, 2.05) is 0 Å². The van der Waals surface area contributed by atoms with E-state index in [-0.39, 0.29) is 0 Å². The van der Waals surface area contributed by atoms with E-state index in [4.69, 9.17) is 0 Å². The molecule has 1 nitrogen and oxygen atoms in total. The number of fused-ring (bicyclic) bond motifs is 2. The van der Waals surface area contributed by atoms with Crippen LogP contribution in [0.1, 0.15) is 55.7 Å². The Morgan fingerprint density at radius 2 is 2.00 bits per heavy atom. The van der Waals surface area contributed by atoms with Gasteiger partial charge in [-0.3, -0.25) is 0 Å². The van der Waals surface area contributed by atoms with E-state index < -0.39 is 0 Å². The quantitative estimate of drug-likeness (QED) is 0.776. The van der Waals surface area contributed by atoms with Crippen LogP contribution in [0.3, 0.4) is 0 Å². The number of aryl methyl sites for hydroxylation is 1. The van der Waals surface area contributed by atoms with Gasteiger partial charge in [-0.2, -0.15) is 0 Å². The highest BCUT2D eigenvalue weighted by Crippen LogP contribution is 2.42. The molecule has 92 valence electrons. The van der Waals surface area contributed by atoms with Crippen molar-refractivity contribution < 1.29 is 0 Å². The molecule has 0 atom stereocenters. The summed E-state index contributed by atoms with van der Waals surface area (Å²) in [6.07, 6.45) is 8.19. The third-order valence-corrected chi connectivity index (χ3v) is 4.74. The van der Waals surface area contributed by atoms with Gasteiger partial charge >= 0.3 is 0 Å². The molecular formula is C16H23N. The zero-order valence-electron chi connectivity index (χ0n) is 10.9. The first-order valence-electron chi connectivity index (χ1n) is 7.17. The van der Waals surface area contributed by atoms with Crippen molar-refractivity contribution in [3.05, 3.63) is 34.9 Å². The fourth-order valence-corrected chi connectivity index (χ4v) is 3.74. The van der Waals surface area contributed by atoms with Gasteiger partial charge in [-0.25, -0.2) is 0 Å². The van der Waals surface area contributed by atoms with Crippen molar-refractivity contribution in [1.29, 1.82) is 0 Å². The second kappa shape index (κ2) is 4.45. The molecule has 1 aromatic rings. The Kier molecular flexibility index (Phi) is 2.96. The van der Waals surface area contributed by atoms with Gasteiger partial charge in [0.25, 0.3) is 0 Å². The maximum atomic E-state index is 3.65. The van der Waals surface area contributed by atoms with Crippen molar-refractivity contribution in [1.82, 2.24) is 5.32 Å². The number of nitrogens with one attached hydrogen (secondary N) is 1. The molecule has 1 aromatic carbocycles. The van der Waals surface area contributed by atoms with Crippen molar-refractivity contribution in [3.63, 3.8) is 0 Å². The number of hydrogen-bond donors (Lipinski definition) is 1. The highest BCUT2D eigenvalue weighted by Gasteiger charge is 2.37. The smallest absolute Gasteiger partial charge is 0.0208 e. The summed E-state index contributed by atoms with van der Waals surface area (Å²) >= 11 is 0. The van der Waals surface area contributed by atoms with Crippen LogP contribution in [0.15, 0.2) is 18.2 Å². The number of rotatable bonds is 1. The summed E-state index contributed by atoms with van der Waals surface area (Å²) in [7, 11) is 0. The van der Waals surface area contributed by atoms with Crippen LogP contribution in [0, 0.1) is 0 Å². The predicted octanol–water partition coefficient (Wildman–Crippen LogP) is 3.55. The Morgan fingerprint density at radius 3 is 2.76 bits per heavy atom. The van der Waals surface area contributed by atoms with Crippen LogP contribution in [0.2, 0.25) is 0 Å². The van der Waals surface area contributed by atoms with Gasteiger partial charge in [-0.05, 0) is 36.0 Å². The molecule has 1 N–H and O–H groups in total. The minimum Gasteiger partial charge on any atom is -0.312 e. The first-order valence-corrected chi connectivity index (χ1v) is 7.17. The van der Waals surface area contributed by atoms with Crippen LogP contribution >= 0.6 is 0 Å². The fraction of sp³-hybridized carbons (Fsp3) is 0.625. The molecule has 0 amide bonds. The predicted molar refractivity (Wildman–Crippen MR) is 72.3 cm³/mol. The molecule has 0 bridgehead atoms. The van der Waals surface area contributed by atoms with E-state index in [9.17, 15) is 0 Å². The normalized spacial score (nSPS) is 22.4. The molecule has 1 fully saturated rings. The zero-order valence-corrected chi connectivity index (χ0v) is 10.9. The van der Waals surface area contributed by atoms with Gasteiger partial charge in [-0.15, -0.1) is 0 Å². The molecule has 0 saturated heterocycles. The molecule has 1 spiro atoms. The van der Waals surface area contributed by atoms with E-state index in [2.05, 4.69) is 30.4 Å². The first kappa shape index (κ1) is 11.3. The molecule has 3 rings (SSSR count). The summed E-state index contributed by atoms with van der Waals surface area (Å²) in [6.45, 7) is 4.52. The SMILES string of the molecule is CCc1ccc2c(c1)CNCC21CCCCC1. The van der Waals surface area contributed by atoms with Crippen LogP contribution in [0.4, 0.5) is 0 Å². The monoisotopic (exact) mass is 229 g/mol. The molecule has 1 aliphatic carbocycles. The second-order valence-corrected chi connectivity index (χ2v) is 5.79.